The summed E-state index contributed by atoms with van der Waals surface area (Å²) in [7, 11) is 0. The summed E-state index contributed by atoms with van der Waals surface area (Å²) in [6, 6.07) is 8.40. The monoisotopic (exact) mass is 277 g/mol. The third kappa shape index (κ3) is 3.23. The lowest BCUT2D eigenvalue weighted by atomic mass is 10.2. The van der Waals surface area contributed by atoms with E-state index in [2.05, 4.69) is 34.1 Å². The number of benzene rings is 1. The third-order valence-corrected chi connectivity index (χ3v) is 3.93. The van der Waals surface area contributed by atoms with E-state index in [0.29, 0.717) is 13.2 Å². The second-order valence-corrected chi connectivity index (χ2v) is 5.39. The molecule has 5 heteroatoms. The largest absolute Gasteiger partial charge is 0.486 e. The zero-order valence-electron chi connectivity index (χ0n) is 11.8. The SMILES string of the molecule is NCCN1CCN(c2ccc(OC3COC3)cc2)CC1. The highest BCUT2D eigenvalue weighted by Gasteiger charge is 2.20. The first-order chi connectivity index (χ1) is 9.85. The van der Waals surface area contributed by atoms with Crippen molar-refractivity contribution in [1.82, 2.24) is 4.90 Å². The molecule has 2 saturated heterocycles. The van der Waals surface area contributed by atoms with Crippen LogP contribution in [0.5, 0.6) is 5.75 Å². The Morgan fingerprint density at radius 2 is 1.80 bits per heavy atom. The molecule has 0 radical (unpaired) electrons. The number of ether oxygens (including phenoxy) is 2. The highest BCUT2D eigenvalue weighted by Crippen LogP contribution is 2.22. The van der Waals surface area contributed by atoms with Gasteiger partial charge in [0, 0.05) is 45.0 Å². The Labute approximate surface area is 120 Å². The number of nitrogens with two attached hydrogens (primary N) is 1. The van der Waals surface area contributed by atoms with Gasteiger partial charge in [-0.05, 0) is 24.3 Å². The van der Waals surface area contributed by atoms with Crippen LogP contribution >= 0.6 is 0 Å². The van der Waals surface area contributed by atoms with Crippen LogP contribution in [0.15, 0.2) is 24.3 Å². The Balaban J connectivity index is 1.52. The van der Waals surface area contributed by atoms with Crippen molar-refractivity contribution in [2.45, 2.75) is 6.10 Å². The van der Waals surface area contributed by atoms with E-state index < -0.39 is 0 Å². The van der Waals surface area contributed by atoms with Crippen LogP contribution in [0.3, 0.4) is 0 Å². The zero-order chi connectivity index (χ0) is 13.8. The number of piperazine rings is 1. The Morgan fingerprint density at radius 1 is 1.10 bits per heavy atom. The Kier molecular flexibility index (Phi) is 4.40. The highest BCUT2D eigenvalue weighted by molar-refractivity contribution is 5.49. The number of hydrogen-bond acceptors (Lipinski definition) is 5. The van der Waals surface area contributed by atoms with Crippen molar-refractivity contribution in [1.29, 1.82) is 0 Å². The van der Waals surface area contributed by atoms with Crippen molar-refractivity contribution in [3.8, 4) is 5.75 Å². The molecule has 1 aromatic rings. The maximum atomic E-state index is 5.78. The number of hydrogen-bond donors (Lipinski definition) is 1. The maximum Gasteiger partial charge on any atom is 0.145 e. The second kappa shape index (κ2) is 6.43. The molecule has 2 N–H and O–H groups in total. The molecule has 2 aliphatic heterocycles. The van der Waals surface area contributed by atoms with Crippen LogP contribution in [0, 0.1) is 0 Å². The summed E-state index contributed by atoms with van der Waals surface area (Å²) in [6.07, 6.45) is 0.237. The average molecular weight is 277 g/mol. The van der Waals surface area contributed by atoms with E-state index in [1.54, 1.807) is 0 Å². The third-order valence-electron chi connectivity index (χ3n) is 3.93. The first kappa shape index (κ1) is 13.7. The van der Waals surface area contributed by atoms with Crippen molar-refractivity contribution in [3.05, 3.63) is 24.3 Å². The molecule has 0 bridgehead atoms. The summed E-state index contributed by atoms with van der Waals surface area (Å²) in [5.74, 6) is 0.934. The minimum absolute atomic E-state index is 0.237. The average Bonchev–Trinajstić information content (AvgIpc) is 2.45. The van der Waals surface area contributed by atoms with Gasteiger partial charge in [-0.2, -0.15) is 0 Å². The van der Waals surface area contributed by atoms with Gasteiger partial charge in [0.1, 0.15) is 11.9 Å². The van der Waals surface area contributed by atoms with Crippen LogP contribution in [0.2, 0.25) is 0 Å². The molecule has 110 valence electrons. The van der Waals surface area contributed by atoms with Gasteiger partial charge < -0.3 is 20.1 Å². The van der Waals surface area contributed by atoms with Gasteiger partial charge in [-0.15, -0.1) is 0 Å². The van der Waals surface area contributed by atoms with Crippen molar-refractivity contribution in [2.24, 2.45) is 5.73 Å². The lowest BCUT2D eigenvalue weighted by Gasteiger charge is -2.36. The topological polar surface area (TPSA) is 51.0 Å². The molecule has 5 nitrogen and oxygen atoms in total. The van der Waals surface area contributed by atoms with E-state index in [0.717, 1.165) is 45.0 Å². The van der Waals surface area contributed by atoms with E-state index in [4.69, 9.17) is 15.2 Å². The molecular formula is C15H23N3O2. The predicted molar refractivity (Wildman–Crippen MR) is 79.4 cm³/mol. The van der Waals surface area contributed by atoms with E-state index in [-0.39, 0.29) is 6.10 Å². The number of rotatable bonds is 5. The first-order valence-electron chi connectivity index (χ1n) is 7.37. The van der Waals surface area contributed by atoms with Crippen LogP contribution in [0.25, 0.3) is 0 Å². The van der Waals surface area contributed by atoms with Crippen LogP contribution in [-0.4, -0.2) is 63.5 Å². The Hall–Kier alpha value is -1.30. The predicted octanol–water partition coefficient (Wildman–Crippen LogP) is 0.545. The summed E-state index contributed by atoms with van der Waals surface area (Å²) in [4.78, 5) is 4.84. The molecule has 0 amide bonds. The van der Waals surface area contributed by atoms with Gasteiger partial charge in [0.15, 0.2) is 0 Å². The lowest BCUT2D eigenvalue weighted by molar-refractivity contribution is -0.0796. The maximum absolute atomic E-state index is 5.78. The molecular weight excluding hydrogens is 254 g/mol. The van der Waals surface area contributed by atoms with Crippen molar-refractivity contribution in [3.63, 3.8) is 0 Å². The molecule has 20 heavy (non-hydrogen) atoms. The minimum atomic E-state index is 0.237. The number of nitrogens with zero attached hydrogens (tertiary/aromatic N) is 2. The molecule has 0 saturated carbocycles. The summed E-state index contributed by atoms with van der Waals surface area (Å²) >= 11 is 0. The van der Waals surface area contributed by atoms with Crippen LogP contribution in [0.1, 0.15) is 0 Å². The quantitative estimate of drug-likeness (QED) is 0.851. The fraction of sp³-hybridized carbons (Fsp3) is 0.600. The van der Waals surface area contributed by atoms with Gasteiger partial charge in [0.05, 0.1) is 13.2 Å². The molecule has 0 spiro atoms. The van der Waals surface area contributed by atoms with E-state index in [1.165, 1.54) is 5.69 Å². The molecule has 0 unspecified atom stereocenters. The van der Waals surface area contributed by atoms with Crippen LogP contribution in [-0.2, 0) is 4.74 Å². The Bertz CT molecular complexity index is 412. The van der Waals surface area contributed by atoms with E-state index in [1.807, 2.05) is 0 Å². The zero-order valence-corrected chi connectivity index (χ0v) is 11.8. The van der Waals surface area contributed by atoms with Gasteiger partial charge >= 0.3 is 0 Å². The van der Waals surface area contributed by atoms with Gasteiger partial charge in [-0.3, -0.25) is 4.90 Å². The molecule has 1 aromatic carbocycles. The summed E-state index contributed by atoms with van der Waals surface area (Å²) < 4.78 is 10.9. The smallest absolute Gasteiger partial charge is 0.145 e. The molecule has 3 rings (SSSR count). The summed E-state index contributed by atoms with van der Waals surface area (Å²) in [5.41, 5.74) is 6.87. The minimum Gasteiger partial charge on any atom is -0.486 e. The second-order valence-electron chi connectivity index (χ2n) is 5.39. The molecule has 2 heterocycles. The normalized spacial score (nSPS) is 20.8. The molecule has 0 aliphatic carbocycles. The van der Waals surface area contributed by atoms with Gasteiger partial charge in [0.2, 0.25) is 0 Å². The molecule has 0 aromatic heterocycles. The Morgan fingerprint density at radius 3 is 2.35 bits per heavy atom. The standard InChI is InChI=1S/C15H23N3O2/c16-5-6-17-7-9-18(10-8-17)13-1-3-14(4-2-13)20-15-11-19-12-15/h1-4,15H,5-12,16H2. The molecule has 2 aliphatic rings. The lowest BCUT2D eigenvalue weighted by Crippen LogP contribution is -2.47. The highest BCUT2D eigenvalue weighted by atomic mass is 16.6. The van der Waals surface area contributed by atoms with Gasteiger partial charge in [0.25, 0.3) is 0 Å². The van der Waals surface area contributed by atoms with Crippen molar-refractivity contribution in [2.75, 3.05) is 57.4 Å². The van der Waals surface area contributed by atoms with E-state index in [9.17, 15) is 0 Å². The van der Waals surface area contributed by atoms with Crippen LogP contribution < -0.4 is 15.4 Å². The summed E-state index contributed by atoms with van der Waals surface area (Å²) in [5, 5.41) is 0. The van der Waals surface area contributed by atoms with Crippen molar-refractivity contribution < 1.29 is 9.47 Å². The first-order valence-corrected chi connectivity index (χ1v) is 7.37. The summed E-state index contributed by atoms with van der Waals surface area (Å²) in [6.45, 7) is 7.49. The molecule has 0 atom stereocenters. The van der Waals surface area contributed by atoms with E-state index >= 15 is 0 Å². The van der Waals surface area contributed by atoms with Gasteiger partial charge in [-0.25, -0.2) is 0 Å². The van der Waals surface area contributed by atoms with Gasteiger partial charge in [-0.1, -0.05) is 0 Å². The molecule has 2 fully saturated rings. The van der Waals surface area contributed by atoms with Crippen molar-refractivity contribution >= 4 is 5.69 Å². The fourth-order valence-corrected chi connectivity index (χ4v) is 2.62. The van der Waals surface area contributed by atoms with Crippen LogP contribution in [0.4, 0.5) is 5.69 Å². The fourth-order valence-electron chi connectivity index (χ4n) is 2.62. The number of anilines is 1.